The van der Waals surface area contributed by atoms with E-state index in [1.807, 2.05) is 0 Å². The quantitative estimate of drug-likeness (QED) is 0.266. The van der Waals surface area contributed by atoms with Crippen LogP contribution in [-0.2, 0) is 18.6 Å². The molecule has 4 atom stereocenters. The smallest absolute Gasteiger partial charge is 0.261 e. The molecule has 208 valence electrons. The van der Waals surface area contributed by atoms with Gasteiger partial charge in [0.05, 0.1) is 24.9 Å². The van der Waals surface area contributed by atoms with Crippen molar-refractivity contribution in [2.45, 2.75) is 103 Å². The summed E-state index contributed by atoms with van der Waals surface area (Å²) in [6.45, 7) is 14.9. The molecule has 4 rings (SSSR count). The summed E-state index contributed by atoms with van der Waals surface area (Å²) < 4.78 is 26.2. The lowest BCUT2D eigenvalue weighted by Crippen LogP contribution is -2.66. The highest BCUT2D eigenvalue weighted by atomic mass is 28.4. The Kier molecular flexibility index (Phi) is 9.70. The van der Waals surface area contributed by atoms with E-state index in [9.17, 15) is 0 Å². The Morgan fingerprint density at radius 1 is 0.895 bits per heavy atom. The van der Waals surface area contributed by atoms with Gasteiger partial charge in [0.2, 0.25) is 0 Å². The molecule has 0 aromatic heterocycles. The van der Waals surface area contributed by atoms with Gasteiger partial charge in [0, 0.05) is 6.61 Å². The van der Waals surface area contributed by atoms with Crippen LogP contribution in [0.25, 0.3) is 0 Å². The second kappa shape index (κ2) is 12.6. The Morgan fingerprint density at radius 3 is 2.08 bits per heavy atom. The molecular weight excluding hydrogens is 488 g/mol. The first-order valence-corrected chi connectivity index (χ1v) is 16.4. The van der Waals surface area contributed by atoms with Gasteiger partial charge in [-0.05, 0) is 67.3 Å². The van der Waals surface area contributed by atoms with Crippen molar-refractivity contribution in [1.29, 1.82) is 0 Å². The average molecular weight is 537 g/mol. The highest BCUT2D eigenvalue weighted by molar-refractivity contribution is 6.99. The number of hydrogen-bond donors (Lipinski definition) is 0. The summed E-state index contributed by atoms with van der Waals surface area (Å²) >= 11 is 0. The Bertz CT molecular complexity index is 975. The van der Waals surface area contributed by atoms with E-state index in [4.69, 9.17) is 18.6 Å². The number of rotatable bonds is 9. The summed E-state index contributed by atoms with van der Waals surface area (Å²) in [6.07, 6.45) is 9.74. The maximum atomic E-state index is 7.17. The van der Waals surface area contributed by atoms with Gasteiger partial charge in [-0.2, -0.15) is 0 Å². The van der Waals surface area contributed by atoms with E-state index in [2.05, 4.69) is 114 Å². The minimum absolute atomic E-state index is 0.0330. The van der Waals surface area contributed by atoms with E-state index in [1.165, 1.54) is 10.4 Å². The van der Waals surface area contributed by atoms with Gasteiger partial charge in [0.25, 0.3) is 8.32 Å². The van der Waals surface area contributed by atoms with Gasteiger partial charge in [0.1, 0.15) is 0 Å². The summed E-state index contributed by atoms with van der Waals surface area (Å²) in [4.78, 5) is 0. The van der Waals surface area contributed by atoms with Crippen molar-refractivity contribution in [3.8, 4) is 0 Å². The van der Waals surface area contributed by atoms with Crippen molar-refractivity contribution in [2.24, 2.45) is 5.92 Å². The predicted molar refractivity (Wildman–Crippen MR) is 159 cm³/mol. The van der Waals surface area contributed by atoms with Crippen LogP contribution >= 0.6 is 0 Å². The molecule has 0 radical (unpaired) electrons. The lowest BCUT2D eigenvalue weighted by Gasteiger charge is -2.43. The van der Waals surface area contributed by atoms with Gasteiger partial charge < -0.3 is 18.6 Å². The normalized spacial score (nSPS) is 26.2. The van der Waals surface area contributed by atoms with Crippen LogP contribution in [0.4, 0.5) is 0 Å². The lowest BCUT2D eigenvalue weighted by atomic mass is 9.93. The molecule has 0 N–H and O–H groups in total. The van der Waals surface area contributed by atoms with E-state index >= 15 is 0 Å². The van der Waals surface area contributed by atoms with Gasteiger partial charge >= 0.3 is 0 Å². The van der Waals surface area contributed by atoms with E-state index < -0.39 is 14.1 Å². The Labute approximate surface area is 231 Å². The van der Waals surface area contributed by atoms with E-state index in [1.54, 1.807) is 0 Å². The molecule has 0 aliphatic carbocycles. The monoisotopic (exact) mass is 536 g/mol. The second-order valence-electron chi connectivity index (χ2n) is 12.5. The van der Waals surface area contributed by atoms with Crippen LogP contribution in [0, 0.1) is 5.92 Å². The molecule has 2 aliphatic heterocycles. The van der Waals surface area contributed by atoms with Gasteiger partial charge in [-0.25, -0.2) is 0 Å². The SMILES string of the molecule is C[C@@H]1C[C@@H](CCC2C=CCCO2)OC(C)(C)O[C@@H]1CCO[Si](c1ccccc1)(c1ccccc1)C(C)(C)C. The van der Waals surface area contributed by atoms with Crippen molar-refractivity contribution in [1.82, 2.24) is 0 Å². The Hall–Kier alpha value is -1.76. The molecule has 2 aliphatic rings. The van der Waals surface area contributed by atoms with E-state index in [0.29, 0.717) is 12.5 Å². The molecule has 2 aromatic rings. The molecule has 1 saturated heterocycles. The molecule has 5 heteroatoms. The average Bonchev–Trinajstić information content (AvgIpc) is 3.00. The maximum absolute atomic E-state index is 7.17. The van der Waals surface area contributed by atoms with Crippen LogP contribution < -0.4 is 10.4 Å². The van der Waals surface area contributed by atoms with Crippen LogP contribution in [0.2, 0.25) is 5.04 Å². The first-order valence-electron chi connectivity index (χ1n) is 14.5. The molecule has 1 unspecified atom stereocenters. The maximum Gasteiger partial charge on any atom is 0.261 e. The molecule has 1 fully saturated rings. The third-order valence-electron chi connectivity index (χ3n) is 8.03. The summed E-state index contributed by atoms with van der Waals surface area (Å²) in [7, 11) is -2.56. The van der Waals surface area contributed by atoms with Crippen molar-refractivity contribution in [3.05, 3.63) is 72.8 Å². The fourth-order valence-electron chi connectivity index (χ4n) is 6.26. The van der Waals surface area contributed by atoms with E-state index in [0.717, 1.165) is 38.7 Å². The highest BCUT2D eigenvalue weighted by Crippen LogP contribution is 2.38. The lowest BCUT2D eigenvalue weighted by molar-refractivity contribution is -0.246. The zero-order valence-corrected chi connectivity index (χ0v) is 25.3. The van der Waals surface area contributed by atoms with Crippen molar-refractivity contribution in [3.63, 3.8) is 0 Å². The standard InChI is InChI=1S/C33H48O4Si/c1-26-25-28(21-20-27-15-13-14-23-34-27)36-33(5,6)37-31(26)22-24-35-38(32(2,3)4,29-16-9-7-10-17-29)30-18-11-8-12-19-30/h7-13,15-19,26-28,31H,14,20-25H2,1-6H3/t26-,27?,28-,31-/m1/s1. The first-order chi connectivity index (χ1) is 18.1. The van der Waals surface area contributed by atoms with Crippen molar-refractivity contribution in [2.75, 3.05) is 13.2 Å². The van der Waals surface area contributed by atoms with Crippen LogP contribution in [0.3, 0.4) is 0 Å². The molecule has 0 amide bonds. The number of ether oxygens (including phenoxy) is 3. The van der Waals surface area contributed by atoms with Crippen molar-refractivity contribution >= 4 is 18.7 Å². The van der Waals surface area contributed by atoms with Gasteiger partial charge in [-0.15, -0.1) is 0 Å². The highest BCUT2D eigenvalue weighted by Gasteiger charge is 2.50. The summed E-state index contributed by atoms with van der Waals surface area (Å²) in [5.74, 6) is -0.242. The zero-order chi connectivity index (χ0) is 27.2. The molecule has 2 heterocycles. The molecule has 0 spiro atoms. The molecule has 4 nitrogen and oxygen atoms in total. The van der Waals surface area contributed by atoms with Gasteiger partial charge in [-0.1, -0.05) is 101 Å². The summed E-state index contributed by atoms with van der Waals surface area (Å²) in [6, 6.07) is 21.7. The van der Waals surface area contributed by atoms with Crippen molar-refractivity contribution < 1.29 is 18.6 Å². The minimum atomic E-state index is -2.56. The van der Waals surface area contributed by atoms with Crippen LogP contribution in [0.15, 0.2) is 72.8 Å². The molecular formula is C33H48O4Si. The van der Waals surface area contributed by atoms with E-state index in [-0.39, 0.29) is 23.4 Å². The van der Waals surface area contributed by atoms with Gasteiger partial charge in [0.15, 0.2) is 5.79 Å². The predicted octanol–water partition coefficient (Wildman–Crippen LogP) is 6.62. The number of hydrogen-bond acceptors (Lipinski definition) is 4. The topological polar surface area (TPSA) is 36.9 Å². The third-order valence-corrected chi connectivity index (χ3v) is 13.1. The Morgan fingerprint density at radius 2 is 1.53 bits per heavy atom. The fourth-order valence-corrected chi connectivity index (χ4v) is 10.8. The Balaban J connectivity index is 1.48. The zero-order valence-electron chi connectivity index (χ0n) is 24.3. The summed E-state index contributed by atoms with van der Waals surface area (Å²) in [5, 5.41) is 2.60. The van der Waals surface area contributed by atoms with Crippen LogP contribution in [0.1, 0.15) is 73.6 Å². The fraction of sp³-hybridized carbons (Fsp3) is 0.576. The van der Waals surface area contributed by atoms with Crippen LogP contribution in [0.5, 0.6) is 0 Å². The first kappa shape index (κ1) is 29.2. The van der Waals surface area contributed by atoms with Crippen LogP contribution in [-0.4, -0.2) is 45.6 Å². The second-order valence-corrected chi connectivity index (χ2v) is 16.8. The molecule has 0 bridgehead atoms. The molecule has 2 aromatic carbocycles. The van der Waals surface area contributed by atoms with Gasteiger partial charge in [-0.3, -0.25) is 0 Å². The summed E-state index contributed by atoms with van der Waals surface area (Å²) in [5.41, 5.74) is 0. The molecule has 38 heavy (non-hydrogen) atoms. The number of benzene rings is 2. The largest absolute Gasteiger partial charge is 0.407 e. The molecule has 0 saturated carbocycles. The third kappa shape index (κ3) is 7.05. The minimum Gasteiger partial charge on any atom is -0.407 e.